The van der Waals surface area contributed by atoms with Crippen molar-refractivity contribution in [1.82, 2.24) is 29.7 Å². The first-order valence-corrected chi connectivity index (χ1v) is 8.32. The van der Waals surface area contributed by atoms with Crippen molar-refractivity contribution in [3.63, 3.8) is 0 Å². The SMILES string of the molecule is CC(C)c1nc(NCc2cnc3cnccn23)c2c(n1)C(=O)NCC2. The van der Waals surface area contributed by atoms with Gasteiger partial charge in [-0.1, -0.05) is 13.8 Å². The molecule has 0 atom stereocenters. The van der Waals surface area contributed by atoms with Gasteiger partial charge in [-0.2, -0.15) is 0 Å². The van der Waals surface area contributed by atoms with Gasteiger partial charge in [-0.05, 0) is 6.42 Å². The first kappa shape index (κ1) is 15.5. The molecule has 2 N–H and O–H groups in total. The molecule has 0 aliphatic carbocycles. The Balaban J connectivity index is 1.68. The summed E-state index contributed by atoms with van der Waals surface area (Å²) in [7, 11) is 0. The molecular weight excluding hydrogens is 318 g/mol. The van der Waals surface area contributed by atoms with Gasteiger partial charge in [0.2, 0.25) is 0 Å². The molecule has 8 nitrogen and oxygen atoms in total. The minimum Gasteiger partial charge on any atom is -0.364 e. The lowest BCUT2D eigenvalue weighted by Gasteiger charge is -2.20. The first-order valence-electron chi connectivity index (χ1n) is 8.32. The number of hydrogen-bond donors (Lipinski definition) is 2. The number of nitrogens with one attached hydrogen (secondary N) is 2. The van der Waals surface area contributed by atoms with Crippen LogP contribution in [0.25, 0.3) is 5.65 Å². The van der Waals surface area contributed by atoms with Crippen LogP contribution in [0.3, 0.4) is 0 Å². The van der Waals surface area contributed by atoms with Gasteiger partial charge in [-0.3, -0.25) is 14.2 Å². The van der Waals surface area contributed by atoms with Crippen LogP contribution < -0.4 is 10.6 Å². The van der Waals surface area contributed by atoms with Gasteiger partial charge in [0.1, 0.15) is 17.3 Å². The van der Waals surface area contributed by atoms with Crippen molar-refractivity contribution in [2.45, 2.75) is 32.7 Å². The molecule has 0 unspecified atom stereocenters. The summed E-state index contributed by atoms with van der Waals surface area (Å²) in [6.07, 6.45) is 7.86. The number of amides is 1. The summed E-state index contributed by atoms with van der Waals surface area (Å²) in [5.41, 5.74) is 3.15. The highest BCUT2D eigenvalue weighted by Crippen LogP contribution is 2.23. The molecule has 0 spiro atoms. The first-order chi connectivity index (χ1) is 12.1. The monoisotopic (exact) mass is 337 g/mol. The van der Waals surface area contributed by atoms with Gasteiger partial charge in [-0.25, -0.2) is 15.0 Å². The molecule has 0 saturated carbocycles. The van der Waals surface area contributed by atoms with Gasteiger partial charge in [0.25, 0.3) is 5.91 Å². The van der Waals surface area contributed by atoms with Crippen LogP contribution in [0.15, 0.2) is 24.8 Å². The van der Waals surface area contributed by atoms with Crippen molar-refractivity contribution < 1.29 is 4.79 Å². The maximum atomic E-state index is 12.2. The van der Waals surface area contributed by atoms with Gasteiger partial charge in [0.05, 0.1) is 24.6 Å². The minimum atomic E-state index is -0.130. The Morgan fingerprint density at radius 1 is 1.32 bits per heavy atom. The van der Waals surface area contributed by atoms with Crippen molar-refractivity contribution in [2.75, 3.05) is 11.9 Å². The Kier molecular flexibility index (Phi) is 3.79. The Bertz CT molecular complexity index is 947. The van der Waals surface area contributed by atoms with Crippen LogP contribution in [-0.2, 0) is 13.0 Å². The molecule has 4 heterocycles. The summed E-state index contributed by atoms with van der Waals surface area (Å²) < 4.78 is 1.98. The number of carbonyl (C=O) groups is 1. The third kappa shape index (κ3) is 2.79. The molecule has 1 amide bonds. The largest absolute Gasteiger partial charge is 0.364 e. The lowest BCUT2D eigenvalue weighted by molar-refractivity contribution is 0.0940. The fourth-order valence-electron chi connectivity index (χ4n) is 2.91. The summed E-state index contributed by atoms with van der Waals surface area (Å²) in [4.78, 5) is 29.7. The van der Waals surface area contributed by atoms with E-state index in [2.05, 4.69) is 30.6 Å². The van der Waals surface area contributed by atoms with Crippen LogP contribution in [0.2, 0.25) is 0 Å². The van der Waals surface area contributed by atoms with Crippen molar-refractivity contribution in [1.29, 1.82) is 0 Å². The molecule has 8 heteroatoms. The van der Waals surface area contributed by atoms with E-state index in [1.165, 1.54) is 0 Å². The zero-order valence-corrected chi connectivity index (χ0v) is 14.2. The molecule has 0 aromatic carbocycles. The number of imidazole rings is 1. The summed E-state index contributed by atoms with van der Waals surface area (Å²) in [6, 6.07) is 0. The summed E-state index contributed by atoms with van der Waals surface area (Å²) in [5.74, 6) is 1.41. The molecule has 1 aliphatic rings. The number of carbonyl (C=O) groups excluding carboxylic acids is 1. The van der Waals surface area contributed by atoms with Crippen molar-refractivity contribution in [3.05, 3.63) is 47.6 Å². The Hall–Kier alpha value is -3.03. The second-order valence-electron chi connectivity index (χ2n) is 6.33. The fourth-order valence-corrected chi connectivity index (χ4v) is 2.91. The highest BCUT2D eigenvalue weighted by Gasteiger charge is 2.24. The zero-order valence-electron chi connectivity index (χ0n) is 14.2. The molecule has 25 heavy (non-hydrogen) atoms. The Labute approximate surface area is 144 Å². The van der Waals surface area contributed by atoms with Crippen molar-refractivity contribution in [2.24, 2.45) is 0 Å². The lowest BCUT2D eigenvalue weighted by Crippen LogP contribution is -2.34. The van der Waals surface area contributed by atoms with E-state index in [0.717, 1.165) is 29.1 Å². The van der Waals surface area contributed by atoms with E-state index in [4.69, 9.17) is 0 Å². The van der Waals surface area contributed by atoms with E-state index in [1.54, 1.807) is 12.4 Å². The molecule has 3 aromatic rings. The van der Waals surface area contributed by atoms with E-state index < -0.39 is 0 Å². The van der Waals surface area contributed by atoms with Crippen LogP contribution in [0.5, 0.6) is 0 Å². The van der Waals surface area contributed by atoms with Crippen LogP contribution in [-0.4, -0.2) is 36.8 Å². The number of aromatic nitrogens is 5. The molecule has 128 valence electrons. The predicted molar refractivity (Wildman–Crippen MR) is 92.5 cm³/mol. The minimum absolute atomic E-state index is 0.130. The van der Waals surface area contributed by atoms with Crippen LogP contribution >= 0.6 is 0 Å². The third-order valence-corrected chi connectivity index (χ3v) is 4.25. The van der Waals surface area contributed by atoms with Gasteiger partial charge in [0, 0.05) is 30.4 Å². The molecule has 4 rings (SSSR count). The lowest BCUT2D eigenvalue weighted by atomic mass is 10.1. The molecule has 0 bridgehead atoms. The molecular formula is C17H19N7O. The standard InChI is InChI=1S/C17H19N7O/c1-10(2)15-22-14-12(3-4-19-17(14)25)16(23-15)21-8-11-7-20-13-9-18-5-6-24(11)13/h5-7,9-10H,3-4,8H2,1-2H3,(H,19,25)(H,21,22,23). The van der Waals surface area contributed by atoms with E-state index in [0.29, 0.717) is 24.6 Å². The highest BCUT2D eigenvalue weighted by molar-refractivity contribution is 5.96. The Morgan fingerprint density at radius 3 is 3.04 bits per heavy atom. The summed E-state index contributed by atoms with van der Waals surface area (Å²) >= 11 is 0. The highest BCUT2D eigenvalue weighted by atomic mass is 16.1. The average molecular weight is 337 g/mol. The van der Waals surface area contributed by atoms with Gasteiger partial charge >= 0.3 is 0 Å². The molecule has 0 radical (unpaired) electrons. The smallest absolute Gasteiger partial charge is 0.270 e. The fraction of sp³-hybridized carbons (Fsp3) is 0.353. The van der Waals surface area contributed by atoms with Gasteiger partial charge in [-0.15, -0.1) is 0 Å². The van der Waals surface area contributed by atoms with E-state index in [-0.39, 0.29) is 11.8 Å². The van der Waals surface area contributed by atoms with Crippen molar-refractivity contribution >= 4 is 17.4 Å². The van der Waals surface area contributed by atoms with Crippen molar-refractivity contribution in [3.8, 4) is 0 Å². The quantitative estimate of drug-likeness (QED) is 0.749. The van der Waals surface area contributed by atoms with E-state index in [1.807, 2.05) is 30.6 Å². The van der Waals surface area contributed by atoms with E-state index in [9.17, 15) is 4.79 Å². The molecule has 3 aromatic heterocycles. The number of nitrogens with zero attached hydrogens (tertiary/aromatic N) is 5. The second kappa shape index (κ2) is 6.12. The molecule has 0 saturated heterocycles. The zero-order chi connectivity index (χ0) is 17.4. The third-order valence-electron chi connectivity index (χ3n) is 4.25. The van der Waals surface area contributed by atoms with E-state index >= 15 is 0 Å². The predicted octanol–water partition coefficient (Wildman–Crippen LogP) is 1.54. The summed E-state index contributed by atoms with van der Waals surface area (Å²) in [5, 5.41) is 6.22. The molecule has 1 aliphatic heterocycles. The normalized spacial score (nSPS) is 13.8. The van der Waals surface area contributed by atoms with Crippen LogP contribution in [0.1, 0.15) is 47.3 Å². The number of hydrogen-bond acceptors (Lipinski definition) is 6. The maximum Gasteiger partial charge on any atom is 0.270 e. The van der Waals surface area contributed by atoms with Gasteiger partial charge in [0.15, 0.2) is 5.65 Å². The number of rotatable bonds is 4. The number of anilines is 1. The Morgan fingerprint density at radius 2 is 2.20 bits per heavy atom. The maximum absolute atomic E-state index is 12.2. The second-order valence-corrected chi connectivity index (χ2v) is 6.33. The topological polar surface area (TPSA) is 97.1 Å². The molecule has 0 fully saturated rings. The number of fused-ring (bicyclic) bond motifs is 2. The van der Waals surface area contributed by atoms with Gasteiger partial charge < -0.3 is 10.6 Å². The summed E-state index contributed by atoms with van der Waals surface area (Å²) in [6.45, 7) is 5.19. The van der Waals surface area contributed by atoms with Crippen LogP contribution in [0, 0.1) is 0 Å². The van der Waals surface area contributed by atoms with Crippen LogP contribution in [0.4, 0.5) is 5.82 Å². The average Bonchev–Trinajstić information content (AvgIpc) is 3.03.